The lowest BCUT2D eigenvalue weighted by Gasteiger charge is -2.17. The molecular formula is C15H20N4O. The summed E-state index contributed by atoms with van der Waals surface area (Å²) in [6.07, 6.45) is 0. The van der Waals surface area contributed by atoms with Crippen molar-refractivity contribution >= 4 is 5.91 Å². The maximum absolute atomic E-state index is 12.4. The first-order valence-electron chi connectivity index (χ1n) is 6.60. The van der Waals surface area contributed by atoms with Crippen molar-refractivity contribution in [3.63, 3.8) is 0 Å². The third-order valence-corrected chi connectivity index (χ3v) is 3.48. The van der Waals surface area contributed by atoms with Gasteiger partial charge in [0.2, 0.25) is 0 Å². The fraction of sp³-hybridized carbons (Fsp3) is 0.333. The average Bonchev–Trinajstić information content (AvgIpc) is 2.70. The quantitative estimate of drug-likeness (QED) is 0.885. The Balaban J connectivity index is 2.22. The van der Waals surface area contributed by atoms with E-state index >= 15 is 0 Å². The van der Waals surface area contributed by atoms with Crippen LogP contribution in [0.2, 0.25) is 0 Å². The number of nitrogens with one attached hydrogen (secondary N) is 1. The highest BCUT2D eigenvalue weighted by Crippen LogP contribution is 2.15. The number of carbonyl (C=O) groups excluding carboxylic acids is 1. The highest BCUT2D eigenvalue weighted by molar-refractivity contribution is 5.96. The second-order valence-electron chi connectivity index (χ2n) is 4.84. The molecule has 5 nitrogen and oxygen atoms in total. The molecule has 0 bridgehead atoms. The lowest BCUT2D eigenvalue weighted by Crippen LogP contribution is -2.33. The number of aromatic nitrogens is 2. The van der Waals surface area contributed by atoms with Crippen LogP contribution < -0.4 is 11.1 Å². The van der Waals surface area contributed by atoms with Gasteiger partial charge in [-0.05, 0) is 19.4 Å². The van der Waals surface area contributed by atoms with E-state index in [0.29, 0.717) is 12.1 Å². The number of benzene rings is 1. The molecule has 2 rings (SSSR count). The van der Waals surface area contributed by atoms with Crippen LogP contribution in [0.3, 0.4) is 0 Å². The average molecular weight is 272 g/mol. The highest BCUT2D eigenvalue weighted by Gasteiger charge is 2.20. The summed E-state index contributed by atoms with van der Waals surface area (Å²) in [6.45, 7) is 4.07. The first kappa shape index (κ1) is 14.3. The van der Waals surface area contributed by atoms with E-state index in [1.54, 1.807) is 4.68 Å². The minimum absolute atomic E-state index is 0.132. The molecule has 1 unspecified atom stereocenters. The van der Waals surface area contributed by atoms with Crippen LogP contribution >= 0.6 is 0 Å². The van der Waals surface area contributed by atoms with Crippen LogP contribution in [0.25, 0.3) is 0 Å². The van der Waals surface area contributed by atoms with Crippen LogP contribution in [-0.4, -0.2) is 22.2 Å². The Morgan fingerprint density at radius 2 is 2.00 bits per heavy atom. The van der Waals surface area contributed by atoms with Gasteiger partial charge in [0.05, 0.1) is 17.3 Å². The summed E-state index contributed by atoms with van der Waals surface area (Å²) in [5, 5.41) is 7.24. The summed E-state index contributed by atoms with van der Waals surface area (Å²) in [5.41, 5.74) is 8.98. The highest BCUT2D eigenvalue weighted by atomic mass is 16.1. The van der Waals surface area contributed by atoms with Crippen molar-refractivity contribution in [2.45, 2.75) is 19.9 Å². The number of hydrogen-bond donors (Lipinski definition) is 2. The number of aryl methyl sites for hydroxylation is 2. The van der Waals surface area contributed by atoms with Gasteiger partial charge in [-0.1, -0.05) is 30.3 Å². The summed E-state index contributed by atoms with van der Waals surface area (Å²) >= 11 is 0. The molecule has 20 heavy (non-hydrogen) atoms. The largest absolute Gasteiger partial charge is 0.344 e. The molecule has 0 aliphatic heterocycles. The van der Waals surface area contributed by atoms with Gasteiger partial charge < -0.3 is 11.1 Å². The van der Waals surface area contributed by atoms with Crippen LogP contribution in [0.4, 0.5) is 0 Å². The topological polar surface area (TPSA) is 72.9 Å². The van der Waals surface area contributed by atoms with Gasteiger partial charge in [0, 0.05) is 19.3 Å². The summed E-state index contributed by atoms with van der Waals surface area (Å²) in [5.74, 6) is -0.132. The standard InChI is InChI=1S/C15H20N4O/c1-10-14(11(2)19(3)18-10)15(20)17-13(9-16)12-7-5-4-6-8-12/h4-8,13H,9,16H2,1-3H3,(H,17,20). The van der Waals surface area contributed by atoms with E-state index in [1.807, 2.05) is 51.2 Å². The Morgan fingerprint density at radius 1 is 1.35 bits per heavy atom. The molecule has 3 N–H and O–H groups in total. The van der Waals surface area contributed by atoms with E-state index < -0.39 is 0 Å². The molecular weight excluding hydrogens is 252 g/mol. The summed E-state index contributed by atoms with van der Waals surface area (Å²) in [4.78, 5) is 12.4. The minimum Gasteiger partial charge on any atom is -0.344 e. The second kappa shape index (κ2) is 5.88. The van der Waals surface area contributed by atoms with E-state index in [4.69, 9.17) is 5.73 Å². The van der Waals surface area contributed by atoms with Crippen LogP contribution in [0, 0.1) is 13.8 Å². The zero-order chi connectivity index (χ0) is 14.7. The van der Waals surface area contributed by atoms with E-state index in [-0.39, 0.29) is 11.9 Å². The smallest absolute Gasteiger partial charge is 0.255 e. The van der Waals surface area contributed by atoms with Crippen LogP contribution in [-0.2, 0) is 7.05 Å². The van der Waals surface area contributed by atoms with Gasteiger partial charge in [0.1, 0.15) is 0 Å². The van der Waals surface area contributed by atoms with Gasteiger partial charge in [-0.2, -0.15) is 5.10 Å². The normalized spacial score (nSPS) is 12.2. The van der Waals surface area contributed by atoms with Gasteiger partial charge in [-0.15, -0.1) is 0 Å². The Hall–Kier alpha value is -2.14. The zero-order valence-corrected chi connectivity index (χ0v) is 12.1. The predicted molar refractivity (Wildman–Crippen MR) is 78.4 cm³/mol. The number of amides is 1. The molecule has 0 radical (unpaired) electrons. The second-order valence-corrected chi connectivity index (χ2v) is 4.84. The van der Waals surface area contributed by atoms with Crippen molar-refractivity contribution < 1.29 is 4.79 Å². The van der Waals surface area contributed by atoms with Gasteiger partial charge in [0.25, 0.3) is 5.91 Å². The SMILES string of the molecule is Cc1nn(C)c(C)c1C(=O)NC(CN)c1ccccc1. The molecule has 0 aliphatic rings. The molecule has 0 aliphatic carbocycles. The van der Waals surface area contributed by atoms with Gasteiger partial charge in [0.15, 0.2) is 0 Å². The summed E-state index contributed by atoms with van der Waals surface area (Å²) in [6, 6.07) is 9.54. The molecule has 1 heterocycles. The minimum atomic E-state index is -0.192. The molecule has 5 heteroatoms. The maximum Gasteiger partial charge on any atom is 0.255 e. The lowest BCUT2D eigenvalue weighted by molar-refractivity contribution is 0.0936. The van der Waals surface area contributed by atoms with E-state index in [0.717, 1.165) is 17.0 Å². The molecule has 106 valence electrons. The van der Waals surface area contributed by atoms with Crippen molar-refractivity contribution in [1.82, 2.24) is 15.1 Å². The van der Waals surface area contributed by atoms with Crippen LogP contribution in [0.1, 0.15) is 33.4 Å². The van der Waals surface area contributed by atoms with Crippen molar-refractivity contribution in [3.05, 3.63) is 52.8 Å². The molecule has 0 spiro atoms. The van der Waals surface area contributed by atoms with Gasteiger partial charge in [-0.25, -0.2) is 0 Å². The number of rotatable bonds is 4. The van der Waals surface area contributed by atoms with Crippen molar-refractivity contribution in [2.24, 2.45) is 12.8 Å². The Kier molecular flexibility index (Phi) is 4.20. The Bertz CT molecular complexity index is 604. The predicted octanol–water partition coefficient (Wildman–Crippen LogP) is 1.47. The molecule has 1 aromatic heterocycles. The molecule has 0 fully saturated rings. The maximum atomic E-state index is 12.4. The molecule has 0 saturated carbocycles. The van der Waals surface area contributed by atoms with Gasteiger partial charge >= 0.3 is 0 Å². The summed E-state index contributed by atoms with van der Waals surface area (Å²) < 4.78 is 1.71. The summed E-state index contributed by atoms with van der Waals surface area (Å²) in [7, 11) is 1.83. The first-order chi connectivity index (χ1) is 9.54. The van der Waals surface area contributed by atoms with E-state index in [2.05, 4.69) is 10.4 Å². The van der Waals surface area contributed by atoms with Crippen LogP contribution in [0.15, 0.2) is 30.3 Å². The van der Waals surface area contributed by atoms with E-state index in [9.17, 15) is 4.79 Å². The Labute approximate surface area is 118 Å². The van der Waals surface area contributed by atoms with Crippen molar-refractivity contribution in [1.29, 1.82) is 0 Å². The third kappa shape index (κ3) is 2.72. The number of nitrogens with two attached hydrogens (primary N) is 1. The molecule has 1 atom stereocenters. The number of carbonyl (C=O) groups is 1. The lowest BCUT2D eigenvalue weighted by atomic mass is 10.1. The van der Waals surface area contributed by atoms with E-state index in [1.165, 1.54) is 0 Å². The first-order valence-corrected chi connectivity index (χ1v) is 6.60. The molecule has 0 saturated heterocycles. The molecule has 1 amide bonds. The Morgan fingerprint density at radius 3 is 2.50 bits per heavy atom. The molecule has 1 aromatic carbocycles. The van der Waals surface area contributed by atoms with Gasteiger partial charge in [-0.3, -0.25) is 9.48 Å². The number of hydrogen-bond acceptors (Lipinski definition) is 3. The fourth-order valence-electron chi connectivity index (χ4n) is 2.30. The van der Waals surface area contributed by atoms with Crippen molar-refractivity contribution in [3.8, 4) is 0 Å². The monoisotopic (exact) mass is 272 g/mol. The number of nitrogens with zero attached hydrogens (tertiary/aromatic N) is 2. The fourth-order valence-corrected chi connectivity index (χ4v) is 2.30. The van der Waals surface area contributed by atoms with Crippen LogP contribution in [0.5, 0.6) is 0 Å². The zero-order valence-electron chi connectivity index (χ0n) is 12.1. The third-order valence-electron chi connectivity index (χ3n) is 3.48. The molecule has 2 aromatic rings. The van der Waals surface area contributed by atoms with Crippen molar-refractivity contribution in [2.75, 3.05) is 6.54 Å².